The van der Waals surface area contributed by atoms with Crippen LogP contribution in [-0.2, 0) is 0 Å². The molecule has 0 unspecified atom stereocenters. The van der Waals surface area contributed by atoms with Gasteiger partial charge in [0, 0.05) is 26.2 Å². The number of likely N-dealkylation sites (N-methyl/N-ethyl adjacent to an activating group) is 1. The van der Waals surface area contributed by atoms with E-state index in [4.69, 9.17) is 0 Å². The maximum Gasteiger partial charge on any atom is 0.320 e. The molecule has 0 aromatic carbocycles. The third kappa shape index (κ3) is 1.53. The summed E-state index contributed by atoms with van der Waals surface area (Å²) in [6.07, 6.45) is 1.76. The van der Waals surface area contributed by atoms with Crippen molar-refractivity contribution in [2.75, 3.05) is 26.2 Å². The fourth-order valence-electron chi connectivity index (χ4n) is 1.25. The summed E-state index contributed by atoms with van der Waals surface area (Å²) in [5.41, 5.74) is 0. The molecule has 0 N–H and O–H groups in total. The van der Waals surface area contributed by atoms with E-state index in [2.05, 4.69) is 6.58 Å². The molecule has 62 valence electrons. The maximum atomic E-state index is 11.3. The molecule has 0 aliphatic carbocycles. The number of carbonyl (C=O) groups is 1. The fourth-order valence-corrected chi connectivity index (χ4v) is 1.25. The highest BCUT2D eigenvalue weighted by Gasteiger charge is 2.25. The van der Waals surface area contributed by atoms with Gasteiger partial charge in [0.05, 0.1) is 0 Å². The van der Waals surface area contributed by atoms with Gasteiger partial charge in [-0.25, -0.2) is 4.79 Å². The van der Waals surface area contributed by atoms with E-state index < -0.39 is 0 Å². The van der Waals surface area contributed by atoms with Crippen molar-refractivity contribution in [1.29, 1.82) is 0 Å². The number of nitrogens with zero attached hydrogens (tertiary/aromatic N) is 2. The van der Waals surface area contributed by atoms with Gasteiger partial charge in [0.2, 0.25) is 0 Å². The van der Waals surface area contributed by atoms with Gasteiger partial charge >= 0.3 is 6.03 Å². The van der Waals surface area contributed by atoms with Crippen molar-refractivity contribution in [2.24, 2.45) is 0 Å². The number of amides is 2. The monoisotopic (exact) mass is 154 g/mol. The molecule has 3 heteroatoms. The molecule has 11 heavy (non-hydrogen) atoms. The molecule has 1 rings (SSSR count). The Kier molecular flexibility index (Phi) is 2.52. The Morgan fingerprint density at radius 2 is 2.18 bits per heavy atom. The van der Waals surface area contributed by atoms with Crippen LogP contribution in [0.4, 0.5) is 4.79 Å². The Morgan fingerprint density at radius 1 is 1.55 bits per heavy atom. The van der Waals surface area contributed by atoms with E-state index in [1.807, 2.05) is 11.8 Å². The first kappa shape index (κ1) is 8.11. The Morgan fingerprint density at radius 3 is 2.64 bits per heavy atom. The summed E-state index contributed by atoms with van der Waals surface area (Å²) in [7, 11) is 0. The number of urea groups is 1. The molecule has 0 aromatic heterocycles. The summed E-state index contributed by atoms with van der Waals surface area (Å²) < 4.78 is 0. The predicted molar refractivity (Wildman–Crippen MR) is 44.4 cm³/mol. The second-order valence-electron chi connectivity index (χ2n) is 2.60. The summed E-state index contributed by atoms with van der Waals surface area (Å²) in [6, 6.07) is 0.146. The van der Waals surface area contributed by atoms with Crippen LogP contribution >= 0.6 is 0 Å². The largest absolute Gasteiger partial charge is 0.323 e. The van der Waals surface area contributed by atoms with Crippen molar-refractivity contribution in [1.82, 2.24) is 9.80 Å². The quantitative estimate of drug-likeness (QED) is 0.555. The zero-order valence-electron chi connectivity index (χ0n) is 6.92. The minimum absolute atomic E-state index is 0.146. The molecular weight excluding hydrogens is 140 g/mol. The van der Waals surface area contributed by atoms with E-state index in [9.17, 15) is 4.79 Å². The van der Waals surface area contributed by atoms with E-state index in [1.54, 1.807) is 11.0 Å². The van der Waals surface area contributed by atoms with Gasteiger partial charge in [-0.2, -0.15) is 0 Å². The minimum Gasteiger partial charge on any atom is -0.323 e. The van der Waals surface area contributed by atoms with E-state index >= 15 is 0 Å². The number of carbonyl (C=O) groups excluding carboxylic acids is 1. The third-order valence-electron chi connectivity index (χ3n) is 1.91. The Balaban J connectivity index is 2.48. The molecule has 0 radical (unpaired) electrons. The lowest BCUT2D eigenvalue weighted by Gasteiger charge is -2.14. The molecule has 0 saturated carbocycles. The molecule has 3 nitrogen and oxygen atoms in total. The number of rotatable bonds is 3. The molecular formula is C8H14N2O. The van der Waals surface area contributed by atoms with Crippen LogP contribution in [0.2, 0.25) is 0 Å². The molecule has 0 aromatic rings. The smallest absolute Gasteiger partial charge is 0.320 e. The van der Waals surface area contributed by atoms with Gasteiger partial charge in [-0.15, -0.1) is 6.58 Å². The van der Waals surface area contributed by atoms with Crippen LogP contribution in [0.3, 0.4) is 0 Å². The normalized spacial score (nSPS) is 17.7. The second-order valence-corrected chi connectivity index (χ2v) is 2.60. The molecule has 1 fully saturated rings. The Bertz CT molecular complexity index is 167. The zero-order chi connectivity index (χ0) is 8.27. The van der Waals surface area contributed by atoms with Gasteiger partial charge < -0.3 is 9.80 Å². The average Bonchev–Trinajstić information content (AvgIpc) is 2.34. The van der Waals surface area contributed by atoms with E-state index in [0.717, 1.165) is 19.6 Å². The van der Waals surface area contributed by atoms with Gasteiger partial charge in [-0.3, -0.25) is 0 Å². The lowest BCUT2D eigenvalue weighted by molar-refractivity contribution is 0.197. The van der Waals surface area contributed by atoms with Crippen LogP contribution in [0.5, 0.6) is 0 Å². The fraction of sp³-hybridized carbons (Fsp3) is 0.625. The maximum absolute atomic E-state index is 11.3. The van der Waals surface area contributed by atoms with Gasteiger partial charge in [-0.1, -0.05) is 6.08 Å². The molecule has 1 saturated heterocycles. The van der Waals surface area contributed by atoms with Crippen LogP contribution in [0, 0.1) is 0 Å². The van der Waals surface area contributed by atoms with Crippen LogP contribution in [-0.4, -0.2) is 42.0 Å². The molecule has 2 amide bonds. The Labute approximate surface area is 67.3 Å². The van der Waals surface area contributed by atoms with Gasteiger partial charge in [0.25, 0.3) is 0 Å². The Hall–Kier alpha value is -0.990. The summed E-state index contributed by atoms with van der Waals surface area (Å²) in [5, 5.41) is 0. The first-order chi connectivity index (χ1) is 5.29. The van der Waals surface area contributed by atoms with Crippen molar-refractivity contribution in [3.8, 4) is 0 Å². The van der Waals surface area contributed by atoms with Gasteiger partial charge in [-0.05, 0) is 6.92 Å². The number of hydrogen-bond donors (Lipinski definition) is 0. The highest BCUT2D eigenvalue weighted by Crippen LogP contribution is 2.06. The van der Waals surface area contributed by atoms with Crippen molar-refractivity contribution < 1.29 is 4.79 Å². The summed E-state index contributed by atoms with van der Waals surface area (Å²) >= 11 is 0. The standard InChI is InChI=1S/C8H14N2O/c1-3-5-10-7-6-9(4-2)8(10)11/h3H,1,4-7H2,2H3. The van der Waals surface area contributed by atoms with Gasteiger partial charge in [0.15, 0.2) is 0 Å². The predicted octanol–water partition coefficient (Wildman–Crippen LogP) is 0.930. The SMILES string of the molecule is C=CCN1CCN(CC)C1=O. The molecule has 1 heterocycles. The molecule has 1 aliphatic rings. The summed E-state index contributed by atoms with van der Waals surface area (Å²) in [5.74, 6) is 0. The summed E-state index contributed by atoms with van der Waals surface area (Å²) in [6.45, 7) is 8.79. The van der Waals surface area contributed by atoms with E-state index in [-0.39, 0.29) is 6.03 Å². The summed E-state index contributed by atoms with van der Waals surface area (Å²) in [4.78, 5) is 15.0. The third-order valence-corrected chi connectivity index (χ3v) is 1.91. The zero-order valence-corrected chi connectivity index (χ0v) is 6.92. The van der Waals surface area contributed by atoms with Crippen molar-refractivity contribution in [3.63, 3.8) is 0 Å². The van der Waals surface area contributed by atoms with Crippen molar-refractivity contribution in [3.05, 3.63) is 12.7 Å². The van der Waals surface area contributed by atoms with Crippen LogP contribution in [0.25, 0.3) is 0 Å². The molecule has 0 spiro atoms. The molecule has 0 atom stereocenters. The number of hydrogen-bond acceptors (Lipinski definition) is 1. The van der Waals surface area contributed by atoms with Gasteiger partial charge in [0.1, 0.15) is 0 Å². The molecule has 1 aliphatic heterocycles. The molecule has 0 bridgehead atoms. The lowest BCUT2D eigenvalue weighted by Crippen LogP contribution is -2.31. The van der Waals surface area contributed by atoms with Crippen molar-refractivity contribution in [2.45, 2.75) is 6.92 Å². The highest BCUT2D eigenvalue weighted by molar-refractivity contribution is 5.76. The average molecular weight is 154 g/mol. The van der Waals surface area contributed by atoms with Crippen molar-refractivity contribution >= 4 is 6.03 Å². The van der Waals surface area contributed by atoms with Crippen LogP contribution in [0.15, 0.2) is 12.7 Å². The van der Waals surface area contributed by atoms with E-state index in [0.29, 0.717) is 6.54 Å². The second kappa shape index (κ2) is 3.42. The van der Waals surface area contributed by atoms with Crippen LogP contribution in [0.1, 0.15) is 6.92 Å². The highest BCUT2D eigenvalue weighted by atomic mass is 16.2. The topological polar surface area (TPSA) is 23.6 Å². The minimum atomic E-state index is 0.146. The van der Waals surface area contributed by atoms with Crippen LogP contribution < -0.4 is 0 Å². The first-order valence-electron chi connectivity index (χ1n) is 3.94. The van der Waals surface area contributed by atoms with E-state index in [1.165, 1.54) is 0 Å². The lowest BCUT2D eigenvalue weighted by atomic mass is 10.5. The first-order valence-corrected chi connectivity index (χ1v) is 3.94.